The van der Waals surface area contributed by atoms with Gasteiger partial charge in [0.15, 0.2) is 6.29 Å². The molecule has 0 amide bonds. The molecule has 3 aromatic carbocycles. The first kappa shape index (κ1) is 22.1. The number of aryl methyl sites for hydroxylation is 2. The SMILES string of the molecule is CNCc1c(C=O)c2c(c3[nH]c4ccccc4c13)CCc1cc(OC(C)C)ccc1-2.CO. The summed E-state index contributed by atoms with van der Waals surface area (Å²) in [4.78, 5) is 16.1. The minimum absolute atomic E-state index is 0.137. The van der Waals surface area contributed by atoms with Crippen molar-refractivity contribution in [3.8, 4) is 16.9 Å². The maximum absolute atomic E-state index is 12.4. The molecule has 1 heterocycles. The molecule has 1 aliphatic rings. The van der Waals surface area contributed by atoms with Gasteiger partial charge in [-0.25, -0.2) is 0 Å². The van der Waals surface area contributed by atoms with Crippen LogP contribution in [0.5, 0.6) is 5.75 Å². The monoisotopic (exact) mass is 430 g/mol. The molecule has 5 nitrogen and oxygen atoms in total. The van der Waals surface area contributed by atoms with E-state index in [1.165, 1.54) is 21.9 Å². The molecule has 0 saturated carbocycles. The number of aromatic amines is 1. The third-order valence-electron chi connectivity index (χ3n) is 6.04. The van der Waals surface area contributed by atoms with Crippen LogP contribution in [0.4, 0.5) is 0 Å². The van der Waals surface area contributed by atoms with Gasteiger partial charge in [0.1, 0.15) is 5.75 Å². The molecule has 0 saturated heterocycles. The Bertz CT molecular complexity index is 1290. The summed E-state index contributed by atoms with van der Waals surface area (Å²) in [6.45, 7) is 4.72. The highest BCUT2D eigenvalue weighted by atomic mass is 16.5. The van der Waals surface area contributed by atoms with Gasteiger partial charge in [-0.1, -0.05) is 24.3 Å². The number of para-hydroxylation sites is 1. The first-order valence-electron chi connectivity index (χ1n) is 11.0. The molecule has 3 N–H and O–H groups in total. The summed E-state index contributed by atoms with van der Waals surface area (Å²) in [5.74, 6) is 0.891. The zero-order valence-corrected chi connectivity index (χ0v) is 19.1. The van der Waals surface area contributed by atoms with Crippen LogP contribution in [-0.4, -0.2) is 36.6 Å². The Morgan fingerprint density at radius 3 is 2.66 bits per heavy atom. The summed E-state index contributed by atoms with van der Waals surface area (Å²) in [5, 5.41) is 12.6. The van der Waals surface area contributed by atoms with Crippen molar-refractivity contribution in [3.05, 3.63) is 64.7 Å². The smallest absolute Gasteiger partial charge is 0.151 e. The van der Waals surface area contributed by atoms with Crippen molar-refractivity contribution in [2.24, 2.45) is 0 Å². The van der Waals surface area contributed by atoms with Crippen LogP contribution in [0, 0.1) is 0 Å². The standard InChI is InChI=1S/C26H26N2O2.CH4O/c1-15(2)30-17-9-11-18-16(12-17)8-10-20-24(18)22(14-29)21(13-27-3)25-19-6-4-5-7-23(19)28-26(20)25;1-2/h4-7,9,11-12,14-15,27-28H,8,10,13H2,1-3H3;2H,1H3. The lowest BCUT2D eigenvalue weighted by Gasteiger charge is -2.25. The van der Waals surface area contributed by atoms with Gasteiger partial charge in [-0.15, -0.1) is 0 Å². The number of carbonyl (C=O) groups is 1. The van der Waals surface area contributed by atoms with Crippen LogP contribution in [-0.2, 0) is 19.4 Å². The van der Waals surface area contributed by atoms with E-state index in [4.69, 9.17) is 9.84 Å². The molecular formula is C27H30N2O3. The number of nitrogens with one attached hydrogen (secondary N) is 2. The van der Waals surface area contributed by atoms with Gasteiger partial charge in [0.05, 0.1) is 11.6 Å². The van der Waals surface area contributed by atoms with Gasteiger partial charge in [0.2, 0.25) is 0 Å². The molecule has 0 spiro atoms. The quantitative estimate of drug-likeness (QED) is 0.389. The number of ether oxygens (including phenoxy) is 1. The van der Waals surface area contributed by atoms with Crippen molar-refractivity contribution in [1.29, 1.82) is 0 Å². The van der Waals surface area contributed by atoms with Crippen LogP contribution in [0.15, 0.2) is 42.5 Å². The van der Waals surface area contributed by atoms with E-state index in [1.54, 1.807) is 0 Å². The molecule has 1 aromatic heterocycles. The van der Waals surface area contributed by atoms with E-state index < -0.39 is 0 Å². The van der Waals surface area contributed by atoms with Gasteiger partial charge in [-0.2, -0.15) is 0 Å². The average molecular weight is 431 g/mol. The predicted octanol–water partition coefficient (Wildman–Crippen LogP) is 5.01. The number of aliphatic hydroxyl groups is 1. The minimum Gasteiger partial charge on any atom is -0.491 e. The molecule has 1 aliphatic carbocycles. The summed E-state index contributed by atoms with van der Waals surface area (Å²) >= 11 is 0. The molecule has 4 aromatic rings. The zero-order chi connectivity index (χ0) is 22.8. The average Bonchev–Trinajstić information content (AvgIpc) is 3.19. The number of carbonyl (C=O) groups excluding carboxylic acids is 1. The fourth-order valence-corrected chi connectivity index (χ4v) is 4.93. The number of rotatable bonds is 5. The van der Waals surface area contributed by atoms with E-state index in [2.05, 4.69) is 40.6 Å². The van der Waals surface area contributed by atoms with Crippen LogP contribution < -0.4 is 10.1 Å². The van der Waals surface area contributed by atoms with E-state index in [0.717, 1.165) is 65.3 Å². The number of benzene rings is 3. The summed E-state index contributed by atoms with van der Waals surface area (Å²) in [6, 6.07) is 14.6. The van der Waals surface area contributed by atoms with Gasteiger partial charge in [-0.3, -0.25) is 4.79 Å². The molecule has 0 fully saturated rings. The Morgan fingerprint density at radius 2 is 1.94 bits per heavy atom. The van der Waals surface area contributed by atoms with E-state index in [1.807, 2.05) is 33.0 Å². The first-order chi connectivity index (χ1) is 15.6. The Labute approximate surface area is 188 Å². The molecule has 0 atom stereocenters. The molecule has 0 bridgehead atoms. The summed E-state index contributed by atoms with van der Waals surface area (Å²) in [5.41, 5.74) is 8.85. The van der Waals surface area contributed by atoms with Gasteiger partial charge >= 0.3 is 0 Å². The number of aldehydes is 1. The fraction of sp³-hybridized carbons (Fsp3) is 0.296. The number of hydrogen-bond donors (Lipinski definition) is 3. The second-order valence-electron chi connectivity index (χ2n) is 8.30. The number of H-pyrrole nitrogens is 1. The lowest BCUT2D eigenvalue weighted by molar-refractivity contribution is 0.112. The van der Waals surface area contributed by atoms with Crippen LogP contribution in [0.1, 0.15) is 40.9 Å². The molecule has 166 valence electrons. The first-order valence-corrected chi connectivity index (χ1v) is 11.0. The second kappa shape index (κ2) is 9.15. The van der Waals surface area contributed by atoms with Crippen molar-refractivity contribution in [1.82, 2.24) is 10.3 Å². The van der Waals surface area contributed by atoms with Crippen LogP contribution in [0.2, 0.25) is 0 Å². The van der Waals surface area contributed by atoms with E-state index in [9.17, 15) is 4.79 Å². The number of hydrogen-bond acceptors (Lipinski definition) is 4. The van der Waals surface area contributed by atoms with Gasteiger partial charge in [0, 0.05) is 35.5 Å². The Hall–Kier alpha value is -3.15. The number of fused-ring (bicyclic) bond motifs is 7. The molecule has 32 heavy (non-hydrogen) atoms. The Balaban J connectivity index is 0.00000119. The molecule has 5 heteroatoms. The lowest BCUT2D eigenvalue weighted by Crippen LogP contribution is -2.14. The zero-order valence-electron chi connectivity index (χ0n) is 19.1. The highest BCUT2D eigenvalue weighted by Gasteiger charge is 2.27. The van der Waals surface area contributed by atoms with E-state index in [0.29, 0.717) is 6.54 Å². The van der Waals surface area contributed by atoms with Gasteiger partial charge in [-0.05, 0) is 79.8 Å². The third-order valence-corrected chi connectivity index (χ3v) is 6.04. The molecule has 0 aliphatic heterocycles. The van der Waals surface area contributed by atoms with Crippen molar-refractivity contribution in [2.75, 3.05) is 14.2 Å². The molecular weight excluding hydrogens is 400 g/mol. The van der Waals surface area contributed by atoms with Crippen LogP contribution in [0.3, 0.4) is 0 Å². The van der Waals surface area contributed by atoms with Gasteiger partial charge < -0.3 is 20.1 Å². The van der Waals surface area contributed by atoms with Gasteiger partial charge in [0.25, 0.3) is 0 Å². The molecule has 0 unspecified atom stereocenters. The molecule has 5 rings (SSSR count). The molecule has 0 radical (unpaired) electrons. The van der Waals surface area contributed by atoms with Crippen molar-refractivity contribution >= 4 is 28.1 Å². The van der Waals surface area contributed by atoms with E-state index >= 15 is 0 Å². The highest BCUT2D eigenvalue weighted by Crippen LogP contribution is 2.44. The van der Waals surface area contributed by atoms with Crippen LogP contribution >= 0.6 is 0 Å². The maximum Gasteiger partial charge on any atom is 0.151 e. The second-order valence-corrected chi connectivity index (χ2v) is 8.30. The van der Waals surface area contributed by atoms with Crippen molar-refractivity contribution in [2.45, 2.75) is 39.3 Å². The predicted molar refractivity (Wildman–Crippen MR) is 131 cm³/mol. The Morgan fingerprint density at radius 1 is 1.16 bits per heavy atom. The Kier molecular flexibility index (Phi) is 6.31. The topological polar surface area (TPSA) is 74.4 Å². The fourth-order valence-electron chi connectivity index (χ4n) is 4.93. The largest absolute Gasteiger partial charge is 0.491 e. The van der Waals surface area contributed by atoms with Crippen molar-refractivity contribution in [3.63, 3.8) is 0 Å². The van der Waals surface area contributed by atoms with Crippen molar-refractivity contribution < 1.29 is 14.6 Å². The third kappa shape index (κ3) is 3.57. The summed E-state index contributed by atoms with van der Waals surface area (Å²) in [7, 11) is 2.93. The van der Waals surface area contributed by atoms with E-state index in [-0.39, 0.29) is 6.10 Å². The summed E-state index contributed by atoms with van der Waals surface area (Å²) < 4.78 is 5.91. The summed E-state index contributed by atoms with van der Waals surface area (Å²) in [6.07, 6.45) is 3.02. The minimum atomic E-state index is 0.137. The highest BCUT2D eigenvalue weighted by molar-refractivity contribution is 6.15. The van der Waals surface area contributed by atoms with Crippen LogP contribution in [0.25, 0.3) is 32.9 Å². The lowest BCUT2D eigenvalue weighted by atomic mass is 9.79. The maximum atomic E-state index is 12.4. The number of aromatic nitrogens is 1. The number of aliphatic hydroxyl groups excluding tert-OH is 1. The normalized spacial score (nSPS) is 12.3.